The summed E-state index contributed by atoms with van der Waals surface area (Å²) in [5.41, 5.74) is 1.09. The summed E-state index contributed by atoms with van der Waals surface area (Å²) in [5.74, 6) is -0.354. The minimum Gasteiger partial charge on any atom is -0.447 e. The fourth-order valence-corrected chi connectivity index (χ4v) is 2.61. The maximum absolute atomic E-state index is 12.6. The second kappa shape index (κ2) is 7.07. The fourth-order valence-electron chi connectivity index (χ4n) is 2.61. The molecule has 1 aromatic rings. The van der Waals surface area contributed by atoms with E-state index in [0.29, 0.717) is 19.3 Å². The number of cyclic esters (lactones) is 1. The number of allylic oxidation sites excluding steroid dienone is 1. The lowest BCUT2D eigenvalue weighted by molar-refractivity contribution is -0.133. The number of ether oxygens (including phenoxy) is 1. The first kappa shape index (κ1) is 15.3. The van der Waals surface area contributed by atoms with Crippen molar-refractivity contribution >= 4 is 12.0 Å². The van der Waals surface area contributed by atoms with Gasteiger partial charge in [-0.2, -0.15) is 0 Å². The van der Waals surface area contributed by atoms with Crippen LogP contribution in [0.1, 0.15) is 25.3 Å². The molecule has 1 aliphatic heterocycles. The minimum absolute atomic E-state index is 0.152. The van der Waals surface area contributed by atoms with Crippen molar-refractivity contribution in [2.45, 2.75) is 32.2 Å². The largest absolute Gasteiger partial charge is 0.447 e. The molecule has 2 atom stereocenters. The van der Waals surface area contributed by atoms with E-state index in [1.807, 2.05) is 37.3 Å². The summed E-state index contributed by atoms with van der Waals surface area (Å²) in [6.45, 7) is 5.89. The van der Waals surface area contributed by atoms with Crippen LogP contribution in [0.5, 0.6) is 0 Å². The molecule has 2 rings (SSSR count). The van der Waals surface area contributed by atoms with Gasteiger partial charge in [0.2, 0.25) is 5.91 Å². The second-order valence-corrected chi connectivity index (χ2v) is 5.26. The van der Waals surface area contributed by atoms with Crippen LogP contribution in [0.15, 0.2) is 43.0 Å². The molecule has 4 heteroatoms. The minimum atomic E-state index is -0.525. The highest BCUT2D eigenvalue weighted by atomic mass is 16.6. The van der Waals surface area contributed by atoms with Gasteiger partial charge in [-0.25, -0.2) is 9.69 Å². The summed E-state index contributed by atoms with van der Waals surface area (Å²) in [5, 5.41) is 0. The molecule has 0 N–H and O–H groups in total. The molecule has 1 heterocycles. The molecule has 0 aromatic heterocycles. The monoisotopic (exact) mass is 287 g/mol. The normalized spacial score (nSPS) is 19.2. The molecular formula is C17H21NO3. The summed E-state index contributed by atoms with van der Waals surface area (Å²) in [4.78, 5) is 25.7. The molecule has 1 saturated heterocycles. The third-order valence-corrected chi connectivity index (χ3v) is 3.81. The highest BCUT2D eigenvalue weighted by Crippen LogP contribution is 2.22. The Morgan fingerprint density at radius 3 is 2.81 bits per heavy atom. The van der Waals surface area contributed by atoms with Crippen molar-refractivity contribution < 1.29 is 14.3 Å². The van der Waals surface area contributed by atoms with Crippen LogP contribution in [0, 0.1) is 5.92 Å². The maximum Gasteiger partial charge on any atom is 0.416 e. The molecule has 1 aliphatic rings. The molecule has 0 spiro atoms. The molecule has 0 bridgehead atoms. The summed E-state index contributed by atoms with van der Waals surface area (Å²) >= 11 is 0. The Morgan fingerprint density at radius 1 is 1.48 bits per heavy atom. The van der Waals surface area contributed by atoms with E-state index in [4.69, 9.17) is 4.74 Å². The number of rotatable bonds is 6. The number of amides is 2. The Bertz CT molecular complexity index is 512. The first-order valence-corrected chi connectivity index (χ1v) is 7.32. The van der Waals surface area contributed by atoms with Crippen molar-refractivity contribution in [1.29, 1.82) is 0 Å². The van der Waals surface area contributed by atoms with Gasteiger partial charge in [-0.3, -0.25) is 4.79 Å². The third kappa shape index (κ3) is 3.51. The van der Waals surface area contributed by atoms with Crippen molar-refractivity contribution in [2.75, 3.05) is 6.61 Å². The smallest absolute Gasteiger partial charge is 0.416 e. The van der Waals surface area contributed by atoms with Crippen molar-refractivity contribution in [3.63, 3.8) is 0 Å². The highest BCUT2D eigenvalue weighted by molar-refractivity contribution is 5.94. The van der Waals surface area contributed by atoms with Gasteiger partial charge < -0.3 is 4.74 Å². The topological polar surface area (TPSA) is 46.6 Å². The van der Waals surface area contributed by atoms with Gasteiger partial charge in [-0.05, 0) is 24.8 Å². The number of carbonyl (C=O) groups is 2. The Balaban J connectivity index is 2.12. The van der Waals surface area contributed by atoms with Crippen molar-refractivity contribution in [2.24, 2.45) is 5.92 Å². The molecule has 21 heavy (non-hydrogen) atoms. The van der Waals surface area contributed by atoms with Gasteiger partial charge in [0.25, 0.3) is 0 Å². The lowest BCUT2D eigenvalue weighted by Crippen LogP contribution is -2.43. The van der Waals surface area contributed by atoms with Crippen molar-refractivity contribution in [3.05, 3.63) is 48.6 Å². The maximum atomic E-state index is 12.6. The molecule has 0 radical (unpaired) electrons. The van der Waals surface area contributed by atoms with Gasteiger partial charge in [0, 0.05) is 5.92 Å². The average Bonchev–Trinajstić information content (AvgIpc) is 2.86. The zero-order valence-electron chi connectivity index (χ0n) is 12.3. The van der Waals surface area contributed by atoms with Crippen LogP contribution in [0.2, 0.25) is 0 Å². The zero-order chi connectivity index (χ0) is 15.2. The van der Waals surface area contributed by atoms with Gasteiger partial charge >= 0.3 is 6.09 Å². The van der Waals surface area contributed by atoms with Crippen LogP contribution in [0.3, 0.4) is 0 Å². The van der Waals surface area contributed by atoms with Gasteiger partial charge in [0.05, 0.1) is 6.04 Å². The summed E-state index contributed by atoms with van der Waals surface area (Å²) in [7, 11) is 0. The Hall–Kier alpha value is -2.10. The highest BCUT2D eigenvalue weighted by Gasteiger charge is 2.39. The van der Waals surface area contributed by atoms with Crippen LogP contribution < -0.4 is 0 Å². The van der Waals surface area contributed by atoms with E-state index in [1.165, 1.54) is 4.90 Å². The first-order valence-electron chi connectivity index (χ1n) is 7.32. The molecule has 1 fully saturated rings. The molecule has 1 aromatic carbocycles. The number of nitrogens with zero attached hydrogens (tertiary/aromatic N) is 1. The van der Waals surface area contributed by atoms with Crippen LogP contribution >= 0.6 is 0 Å². The molecule has 0 aliphatic carbocycles. The van der Waals surface area contributed by atoms with Gasteiger partial charge in [0.15, 0.2) is 0 Å². The molecule has 112 valence electrons. The number of hydrogen-bond acceptors (Lipinski definition) is 3. The third-order valence-electron chi connectivity index (χ3n) is 3.81. The number of carbonyl (C=O) groups excluding carboxylic acids is 2. The van der Waals surface area contributed by atoms with Crippen molar-refractivity contribution in [3.8, 4) is 0 Å². The zero-order valence-corrected chi connectivity index (χ0v) is 12.3. The average molecular weight is 287 g/mol. The van der Waals surface area contributed by atoms with Gasteiger partial charge in [0.1, 0.15) is 6.61 Å². The predicted molar refractivity (Wildman–Crippen MR) is 80.7 cm³/mol. The fraction of sp³-hybridized carbons (Fsp3) is 0.412. The quantitative estimate of drug-likeness (QED) is 0.755. The van der Waals surface area contributed by atoms with E-state index in [1.54, 1.807) is 6.08 Å². The summed E-state index contributed by atoms with van der Waals surface area (Å²) in [6.07, 6.45) is 3.09. The standard InChI is InChI=1S/C17H21NO3/c1-3-8-14(4-2)16(19)18-15(12-21-17(18)20)11-13-9-6-5-7-10-13/h3,5-7,9-10,14-15H,1,4,8,11-12H2,2H3/t14-,15+/m1/s1. The lowest BCUT2D eigenvalue weighted by atomic mass is 9.99. The summed E-state index contributed by atoms with van der Waals surface area (Å²) < 4.78 is 5.08. The van der Waals surface area contributed by atoms with Crippen LogP contribution in [-0.2, 0) is 16.0 Å². The van der Waals surface area contributed by atoms with Gasteiger partial charge in [-0.1, -0.05) is 43.3 Å². The molecule has 0 unspecified atom stereocenters. The molecule has 0 saturated carbocycles. The molecular weight excluding hydrogens is 266 g/mol. The second-order valence-electron chi connectivity index (χ2n) is 5.26. The summed E-state index contributed by atoms with van der Waals surface area (Å²) in [6, 6.07) is 9.61. The first-order chi connectivity index (χ1) is 10.2. The number of benzene rings is 1. The van der Waals surface area contributed by atoms with E-state index in [9.17, 15) is 9.59 Å². The predicted octanol–water partition coefficient (Wildman–Crippen LogP) is 3.18. The SMILES string of the molecule is C=CC[C@@H](CC)C(=O)N1C(=O)OC[C@@H]1Cc1ccccc1. The van der Waals surface area contributed by atoms with E-state index in [-0.39, 0.29) is 24.5 Å². The number of imide groups is 1. The Kier molecular flexibility index (Phi) is 5.14. The van der Waals surface area contributed by atoms with Crippen LogP contribution in [0.25, 0.3) is 0 Å². The van der Waals surface area contributed by atoms with E-state index in [2.05, 4.69) is 6.58 Å². The van der Waals surface area contributed by atoms with Gasteiger partial charge in [-0.15, -0.1) is 6.58 Å². The van der Waals surface area contributed by atoms with E-state index in [0.717, 1.165) is 5.56 Å². The molecule has 4 nitrogen and oxygen atoms in total. The lowest BCUT2D eigenvalue weighted by Gasteiger charge is -2.23. The van der Waals surface area contributed by atoms with E-state index < -0.39 is 6.09 Å². The van der Waals surface area contributed by atoms with Crippen LogP contribution in [-0.4, -0.2) is 29.5 Å². The molecule has 2 amide bonds. The van der Waals surface area contributed by atoms with Crippen molar-refractivity contribution in [1.82, 2.24) is 4.90 Å². The number of hydrogen-bond donors (Lipinski definition) is 0. The Morgan fingerprint density at radius 2 is 2.19 bits per heavy atom. The van der Waals surface area contributed by atoms with Crippen LogP contribution in [0.4, 0.5) is 4.79 Å². The Labute approximate surface area is 125 Å². The van der Waals surface area contributed by atoms with E-state index >= 15 is 0 Å².